The number of nitrogens with zero attached hydrogens (tertiary/aromatic N) is 1. The Morgan fingerprint density at radius 2 is 1.91 bits per heavy atom. The number of aryl methyl sites for hydroxylation is 1. The minimum Gasteiger partial charge on any atom is -0.469 e. The molecule has 1 rings (SSSR count). The largest absolute Gasteiger partial charge is 0.469 e. The zero-order valence-electron chi connectivity index (χ0n) is 13.9. The van der Waals surface area contributed by atoms with E-state index in [0.717, 1.165) is 24.8 Å². The highest BCUT2D eigenvalue weighted by molar-refractivity contribution is 5.94. The molecule has 4 heteroatoms. The minimum atomic E-state index is -0.282. The molecule has 0 saturated carbocycles. The summed E-state index contributed by atoms with van der Waals surface area (Å²) in [6.07, 6.45) is 4.64. The standard InChI is InChI=1S/C18H27NO3/c1-4-5-6-7-12-19(13-11-17(20)22-3)18(21)16-10-8-9-15(2)14-16/h8-10,14H,4-7,11-13H2,1-3H3. The maximum Gasteiger partial charge on any atom is 0.307 e. The van der Waals surface area contributed by atoms with Gasteiger partial charge in [0.15, 0.2) is 0 Å². The van der Waals surface area contributed by atoms with Crippen LogP contribution in [0.15, 0.2) is 24.3 Å². The number of ether oxygens (including phenoxy) is 1. The Morgan fingerprint density at radius 3 is 2.55 bits per heavy atom. The molecule has 0 radical (unpaired) electrons. The summed E-state index contributed by atoms with van der Waals surface area (Å²) in [4.78, 5) is 25.7. The second kappa shape index (κ2) is 9.98. The number of hydrogen-bond acceptors (Lipinski definition) is 3. The normalized spacial score (nSPS) is 10.3. The first kappa shape index (κ1) is 18.2. The quantitative estimate of drug-likeness (QED) is 0.517. The number of benzene rings is 1. The number of rotatable bonds is 9. The lowest BCUT2D eigenvalue weighted by Crippen LogP contribution is -2.34. The van der Waals surface area contributed by atoms with Crippen LogP contribution in [0.5, 0.6) is 0 Å². The van der Waals surface area contributed by atoms with E-state index in [4.69, 9.17) is 0 Å². The molecule has 1 aromatic carbocycles. The summed E-state index contributed by atoms with van der Waals surface area (Å²) < 4.78 is 4.67. The lowest BCUT2D eigenvalue weighted by Gasteiger charge is -2.22. The molecule has 0 N–H and O–H groups in total. The Bertz CT molecular complexity index is 485. The smallest absolute Gasteiger partial charge is 0.307 e. The zero-order chi connectivity index (χ0) is 16.4. The predicted octanol–water partition coefficient (Wildman–Crippen LogP) is 3.58. The topological polar surface area (TPSA) is 46.6 Å². The van der Waals surface area contributed by atoms with E-state index in [1.54, 1.807) is 4.90 Å². The van der Waals surface area contributed by atoms with Gasteiger partial charge >= 0.3 is 5.97 Å². The third-order valence-electron chi connectivity index (χ3n) is 3.65. The Labute approximate surface area is 133 Å². The van der Waals surface area contributed by atoms with Crippen LogP contribution in [0.25, 0.3) is 0 Å². The minimum absolute atomic E-state index is 0.0101. The fourth-order valence-electron chi connectivity index (χ4n) is 2.33. The highest BCUT2D eigenvalue weighted by Gasteiger charge is 2.16. The van der Waals surface area contributed by atoms with E-state index in [-0.39, 0.29) is 18.3 Å². The van der Waals surface area contributed by atoms with E-state index in [0.29, 0.717) is 18.7 Å². The van der Waals surface area contributed by atoms with E-state index in [1.165, 1.54) is 13.5 Å². The lowest BCUT2D eigenvalue weighted by molar-refractivity contribution is -0.140. The number of methoxy groups -OCH3 is 1. The van der Waals surface area contributed by atoms with E-state index in [9.17, 15) is 9.59 Å². The van der Waals surface area contributed by atoms with Gasteiger partial charge in [-0.15, -0.1) is 0 Å². The fraction of sp³-hybridized carbons (Fsp3) is 0.556. The van der Waals surface area contributed by atoms with Gasteiger partial charge in [-0.2, -0.15) is 0 Å². The average Bonchev–Trinajstić information content (AvgIpc) is 2.53. The van der Waals surface area contributed by atoms with Crippen LogP contribution in [0.2, 0.25) is 0 Å². The molecule has 0 atom stereocenters. The summed E-state index contributed by atoms with van der Waals surface area (Å²) in [6, 6.07) is 7.57. The molecular formula is C18H27NO3. The Morgan fingerprint density at radius 1 is 1.14 bits per heavy atom. The second-order valence-electron chi connectivity index (χ2n) is 5.55. The predicted molar refractivity (Wildman–Crippen MR) is 87.9 cm³/mol. The van der Waals surface area contributed by atoms with Gasteiger partial charge < -0.3 is 9.64 Å². The third kappa shape index (κ3) is 6.29. The number of amides is 1. The molecule has 0 aliphatic carbocycles. The Hall–Kier alpha value is -1.84. The molecule has 0 saturated heterocycles. The van der Waals surface area contributed by atoms with E-state index in [1.807, 2.05) is 31.2 Å². The van der Waals surface area contributed by atoms with Gasteiger partial charge in [-0.25, -0.2) is 0 Å². The molecule has 122 valence electrons. The SMILES string of the molecule is CCCCCCN(CCC(=O)OC)C(=O)c1cccc(C)c1. The molecule has 0 aliphatic heterocycles. The van der Waals surface area contributed by atoms with Crippen molar-refractivity contribution in [3.05, 3.63) is 35.4 Å². The fourth-order valence-corrected chi connectivity index (χ4v) is 2.33. The van der Waals surface area contributed by atoms with Gasteiger partial charge in [-0.3, -0.25) is 9.59 Å². The van der Waals surface area contributed by atoms with Crippen molar-refractivity contribution in [2.45, 2.75) is 46.0 Å². The molecule has 0 bridgehead atoms. The number of esters is 1. The molecule has 1 amide bonds. The third-order valence-corrected chi connectivity index (χ3v) is 3.65. The summed E-state index contributed by atoms with van der Waals surface area (Å²) in [5.41, 5.74) is 1.74. The summed E-state index contributed by atoms with van der Waals surface area (Å²) >= 11 is 0. The van der Waals surface area contributed by atoms with Gasteiger partial charge in [0.1, 0.15) is 0 Å². The van der Waals surface area contributed by atoms with E-state index >= 15 is 0 Å². The summed E-state index contributed by atoms with van der Waals surface area (Å²) in [6.45, 7) is 5.22. The summed E-state index contributed by atoms with van der Waals surface area (Å²) in [5.74, 6) is -0.292. The van der Waals surface area contributed by atoms with Crippen LogP contribution in [-0.4, -0.2) is 37.0 Å². The summed E-state index contributed by atoms with van der Waals surface area (Å²) in [7, 11) is 1.37. The van der Waals surface area contributed by atoms with Gasteiger partial charge in [0.25, 0.3) is 5.91 Å². The van der Waals surface area contributed by atoms with Crippen LogP contribution in [0.4, 0.5) is 0 Å². The van der Waals surface area contributed by atoms with Gasteiger partial charge in [-0.05, 0) is 25.5 Å². The van der Waals surface area contributed by atoms with Gasteiger partial charge in [0.05, 0.1) is 13.5 Å². The molecule has 0 unspecified atom stereocenters. The first-order valence-corrected chi connectivity index (χ1v) is 8.01. The molecule has 1 aromatic rings. The van der Waals surface area contributed by atoms with Crippen LogP contribution >= 0.6 is 0 Å². The van der Waals surface area contributed by atoms with Crippen molar-refractivity contribution in [2.24, 2.45) is 0 Å². The van der Waals surface area contributed by atoms with Crippen LogP contribution in [0.3, 0.4) is 0 Å². The monoisotopic (exact) mass is 305 g/mol. The van der Waals surface area contributed by atoms with Crippen LogP contribution < -0.4 is 0 Å². The van der Waals surface area contributed by atoms with Crippen LogP contribution in [-0.2, 0) is 9.53 Å². The average molecular weight is 305 g/mol. The Balaban J connectivity index is 2.69. The highest BCUT2D eigenvalue weighted by Crippen LogP contribution is 2.10. The first-order valence-electron chi connectivity index (χ1n) is 8.01. The van der Waals surface area contributed by atoms with Crippen LogP contribution in [0, 0.1) is 6.92 Å². The van der Waals surface area contributed by atoms with Crippen molar-refractivity contribution in [1.82, 2.24) is 4.90 Å². The van der Waals surface area contributed by atoms with Crippen molar-refractivity contribution >= 4 is 11.9 Å². The molecule has 0 aromatic heterocycles. The first-order chi connectivity index (χ1) is 10.6. The summed E-state index contributed by atoms with van der Waals surface area (Å²) in [5, 5.41) is 0. The molecular weight excluding hydrogens is 278 g/mol. The number of unbranched alkanes of at least 4 members (excludes halogenated alkanes) is 3. The number of hydrogen-bond donors (Lipinski definition) is 0. The molecule has 22 heavy (non-hydrogen) atoms. The highest BCUT2D eigenvalue weighted by atomic mass is 16.5. The van der Waals surface area contributed by atoms with Crippen molar-refractivity contribution in [2.75, 3.05) is 20.2 Å². The molecule has 0 spiro atoms. The molecule has 4 nitrogen and oxygen atoms in total. The second-order valence-corrected chi connectivity index (χ2v) is 5.55. The van der Waals surface area contributed by atoms with Crippen molar-refractivity contribution < 1.29 is 14.3 Å². The van der Waals surface area contributed by atoms with Gasteiger partial charge in [0.2, 0.25) is 0 Å². The number of carbonyl (C=O) groups is 2. The van der Waals surface area contributed by atoms with Crippen molar-refractivity contribution in [1.29, 1.82) is 0 Å². The maximum absolute atomic E-state index is 12.6. The van der Waals surface area contributed by atoms with Crippen LogP contribution in [0.1, 0.15) is 54.9 Å². The molecule has 0 aliphatic rings. The number of carbonyl (C=O) groups excluding carboxylic acids is 2. The van der Waals surface area contributed by atoms with Crippen molar-refractivity contribution in [3.63, 3.8) is 0 Å². The zero-order valence-corrected chi connectivity index (χ0v) is 13.9. The lowest BCUT2D eigenvalue weighted by atomic mass is 10.1. The molecule has 0 fully saturated rings. The van der Waals surface area contributed by atoms with E-state index in [2.05, 4.69) is 11.7 Å². The molecule has 0 heterocycles. The van der Waals surface area contributed by atoms with E-state index < -0.39 is 0 Å². The van der Waals surface area contributed by atoms with Gasteiger partial charge in [0, 0.05) is 18.7 Å². The Kier molecular flexibility index (Phi) is 8.26. The van der Waals surface area contributed by atoms with Crippen molar-refractivity contribution in [3.8, 4) is 0 Å². The van der Waals surface area contributed by atoms with Gasteiger partial charge in [-0.1, -0.05) is 43.9 Å². The maximum atomic E-state index is 12.6.